The van der Waals surface area contributed by atoms with Crippen molar-refractivity contribution >= 4 is 11.4 Å². The van der Waals surface area contributed by atoms with Crippen molar-refractivity contribution < 1.29 is 0 Å². The van der Waals surface area contributed by atoms with Gasteiger partial charge in [0, 0.05) is 11.4 Å². The molecule has 4 aromatic carbocycles. The molecule has 8 bridgehead atoms. The van der Waals surface area contributed by atoms with Gasteiger partial charge in [-0.25, -0.2) is 0 Å². The van der Waals surface area contributed by atoms with E-state index in [-0.39, 0.29) is 10.8 Å². The van der Waals surface area contributed by atoms with Crippen LogP contribution in [0, 0.1) is 35.5 Å². The Morgan fingerprint density at radius 1 is 0.383 bits per heavy atom. The van der Waals surface area contributed by atoms with Gasteiger partial charge in [-0.1, -0.05) is 60.7 Å². The largest absolute Gasteiger partial charge is 0.399 e. The number of anilines is 2. The van der Waals surface area contributed by atoms with Gasteiger partial charge in [-0.2, -0.15) is 0 Å². The second-order valence-corrected chi connectivity index (χ2v) is 17.8. The summed E-state index contributed by atoms with van der Waals surface area (Å²) in [6.07, 6.45) is 16.7. The third kappa shape index (κ3) is 3.63. The summed E-state index contributed by atoms with van der Waals surface area (Å²) in [5, 5.41) is 0. The molecular formula is C45H48N2. The topological polar surface area (TPSA) is 52.0 Å². The van der Waals surface area contributed by atoms with Crippen LogP contribution in [0.25, 0.3) is 11.1 Å². The maximum atomic E-state index is 6.85. The van der Waals surface area contributed by atoms with Crippen molar-refractivity contribution in [3.05, 3.63) is 118 Å². The summed E-state index contributed by atoms with van der Waals surface area (Å²) in [6, 6.07) is 33.1. The van der Waals surface area contributed by atoms with E-state index in [1.165, 1.54) is 110 Å². The van der Waals surface area contributed by atoms with Crippen LogP contribution in [0.15, 0.2) is 84.9 Å². The summed E-state index contributed by atoms with van der Waals surface area (Å²) in [6.45, 7) is 0. The number of fused-ring (bicyclic) bond motifs is 3. The molecule has 8 saturated carbocycles. The molecule has 0 spiro atoms. The third-order valence-electron chi connectivity index (χ3n) is 15.1. The molecule has 0 aromatic heterocycles. The fourth-order valence-electron chi connectivity index (χ4n) is 14.5. The monoisotopic (exact) mass is 616 g/mol. The number of hydrogen-bond acceptors (Lipinski definition) is 2. The van der Waals surface area contributed by atoms with Gasteiger partial charge >= 0.3 is 0 Å². The minimum Gasteiger partial charge on any atom is -0.399 e. The van der Waals surface area contributed by atoms with Crippen molar-refractivity contribution in [1.29, 1.82) is 0 Å². The molecule has 238 valence electrons. The Hall–Kier alpha value is -3.52. The summed E-state index contributed by atoms with van der Waals surface area (Å²) in [5.74, 6) is 5.22. The first-order valence-electron chi connectivity index (χ1n) is 18.9. The van der Waals surface area contributed by atoms with Gasteiger partial charge in [0.2, 0.25) is 0 Å². The van der Waals surface area contributed by atoms with Gasteiger partial charge in [0.1, 0.15) is 0 Å². The maximum absolute atomic E-state index is 6.85. The predicted molar refractivity (Wildman–Crippen MR) is 192 cm³/mol. The maximum Gasteiger partial charge on any atom is 0.0719 e. The molecule has 0 unspecified atom stereocenters. The highest BCUT2D eigenvalue weighted by Gasteiger charge is 2.58. The van der Waals surface area contributed by atoms with Gasteiger partial charge in [-0.05, 0) is 192 Å². The lowest BCUT2D eigenvalue weighted by Crippen LogP contribution is -2.51. The van der Waals surface area contributed by atoms with Crippen LogP contribution in [0.2, 0.25) is 0 Å². The van der Waals surface area contributed by atoms with E-state index < -0.39 is 5.41 Å². The van der Waals surface area contributed by atoms with E-state index in [9.17, 15) is 0 Å². The van der Waals surface area contributed by atoms with Gasteiger partial charge in [0.15, 0.2) is 0 Å². The number of rotatable bonds is 4. The molecule has 9 aliphatic rings. The Kier molecular flexibility index (Phi) is 5.45. The van der Waals surface area contributed by atoms with Crippen LogP contribution in [0.4, 0.5) is 11.4 Å². The zero-order valence-electron chi connectivity index (χ0n) is 27.7. The summed E-state index contributed by atoms with van der Waals surface area (Å²) in [5.41, 5.74) is 27.4. The second kappa shape index (κ2) is 9.34. The van der Waals surface area contributed by atoms with Crippen LogP contribution >= 0.6 is 0 Å². The zero-order valence-corrected chi connectivity index (χ0v) is 27.7. The number of benzene rings is 4. The molecular weight excluding hydrogens is 569 g/mol. The highest BCUT2D eigenvalue weighted by molar-refractivity contribution is 5.87. The molecule has 0 atom stereocenters. The van der Waals surface area contributed by atoms with Crippen molar-refractivity contribution in [2.75, 3.05) is 11.5 Å². The Bertz CT molecular complexity index is 1740. The van der Waals surface area contributed by atoms with E-state index in [2.05, 4.69) is 84.9 Å². The highest BCUT2D eigenvalue weighted by atomic mass is 14.6. The highest BCUT2D eigenvalue weighted by Crippen LogP contribution is 2.67. The zero-order chi connectivity index (χ0) is 31.1. The molecule has 4 N–H and O–H groups in total. The van der Waals surface area contributed by atoms with Gasteiger partial charge in [-0.3, -0.25) is 0 Å². The summed E-state index contributed by atoms with van der Waals surface area (Å²) in [7, 11) is 0. The quantitative estimate of drug-likeness (QED) is 0.197. The molecule has 0 heterocycles. The SMILES string of the molecule is Nc1ccc(C2(c3ccc(N)cc3C34CC5CC(CC(C5)C3)C4)c3ccccc3-c3ccccc32)c(C23CC4CC(CC(C4)C2)C3)c1. The van der Waals surface area contributed by atoms with E-state index in [4.69, 9.17) is 11.5 Å². The van der Waals surface area contributed by atoms with Crippen molar-refractivity contribution in [3.8, 4) is 11.1 Å². The van der Waals surface area contributed by atoms with Gasteiger partial charge in [0.25, 0.3) is 0 Å². The van der Waals surface area contributed by atoms with Crippen molar-refractivity contribution in [2.45, 2.75) is 93.3 Å². The van der Waals surface area contributed by atoms with Crippen LogP contribution in [-0.2, 0) is 16.2 Å². The molecule has 0 aliphatic heterocycles. The summed E-state index contributed by atoms with van der Waals surface area (Å²) < 4.78 is 0. The molecule has 47 heavy (non-hydrogen) atoms. The van der Waals surface area contributed by atoms with Gasteiger partial charge in [0.05, 0.1) is 5.41 Å². The summed E-state index contributed by atoms with van der Waals surface area (Å²) in [4.78, 5) is 0. The van der Waals surface area contributed by atoms with Crippen molar-refractivity contribution in [2.24, 2.45) is 35.5 Å². The Labute approximate surface area is 280 Å². The third-order valence-corrected chi connectivity index (χ3v) is 15.1. The van der Waals surface area contributed by atoms with Crippen molar-refractivity contribution in [1.82, 2.24) is 0 Å². The number of nitrogen functional groups attached to an aromatic ring is 2. The number of hydrogen-bond donors (Lipinski definition) is 2. The lowest BCUT2D eigenvalue weighted by Gasteiger charge is -2.59. The fourth-order valence-corrected chi connectivity index (χ4v) is 14.5. The molecule has 13 rings (SSSR count). The summed E-state index contributed by atoms with van der Waals surface area (Å²) >= 11 is 0. The normalized spacial score (nSPS) is 36.4. The van der Waals surface area contributed by atoms with Gasteiger partial charge < -0.3 is 11.5 Å². The fraction of sp³-hybridized carbons (Fsp3) is 0.467. The molecule has 0 saturated heterocycles. The Morgan fingerprint density at radius 3 is 1.09 bits per heavy atom. The van der Waals surface area contributed by atoms with E-state index in [1.807, 2.05) is 0 Å². The second-order valence-electron chi connectivity index (χ2n) is 17.8. The minimum atomic E-state index is -0.411. The average molecular weight is 617 g/mol. The van der Waals surface area contributed by atoms with Crippen LogP contribution in [-0.4, -0.2) is 0 Å². The molecule has 0 amide bonds. The minimum absolute atomic E-state index is 0.216. The average Bonchev–Trinajstić information content (AvgIpc) is 3.35. The first-order chi connectivity index (χ1) is 22.9. The van der Waals surface area contributed by atoms with E-state index in [0.717, 1.165) is 46.9 Å². The van der Waals surface area contributed by atoms with Crippen molar-refractivity contribution in [3.63, 3.8) is 0 Å². The Morgan fingerprint density at radius 2 is 0.723 bits per heavy atom. The first-order valence-corrected chi connectivity index (χ1v) is 18.9. The van der Waals surface area contributed by atoms with Gasteiger partial charge in [-0.15, -0.1) is 0 Å². The predicted octanol–water partition coefficient (Wildman–Crippen LogP) is 10.1. The van der Waals surface area contributed by atoms with Crippen LogP contribution in [0.1, 0.15) is 110 Å². The van der Waals surface area contributed by atoms with Crippen LogP contribution in [0.3, 0.4) is 0 Å². The lowest BCUT2D eigenvalue weighted by atomic mass is 9.45. The van der Waals surface area contributed by atoms with Crippen LogP contribution < -0.4 is 11.5 Å². The lowest BCUT2D eigenvalue weighted by molar-refractivity contribution is -0.00633. The smallest absolute Gasteiger partial charge is 0.0719 e. The van der Waals surface area contributed by atoms with E-state index in [1.54, 1.807) is 11.1 Å². The molecule has 8 fully saturated rings. The van der Waals surface area contributed by atoms with E-state index in [0.29, 0.717) is 0 Å². The molecule has 0 radical (unpaired) electrons. The molecule has 2 nitrogen and oxygen atoms in total. The standard InChI is InChI=1S/C45H48N2/c46-33-9-11-39(41(19-33)43-21-27-13-28(22-43)15-29(14-27)23-43)45(37-7-3-1-5-35(37)36-6-2-4-8-38(36)45)40-12-10-34(47)20-42(40)44-24-30-16-31(25-44)18-32(17-30)26-44/h1-12,19-20,27-32H,13-18,21-26,46-47H2. The molecule has 2 heteroatoms. The van der Waals surface area contributed by atoms with Crippen LogP contribution in [0.5, 0.6) is 0 Å². The number of nitrogens with two attached hydrogens (primary N) is 2. The first kappa shape index (κ1) is 27.4. The Balaban J connectivity index is 1.25. The van der Waals surface area contributed by atoms with E-state index >= 15 is 0 Å². The molecule has 4 aromatic rings. The molecule has 9 aliphatic carbocycles.